The van der Waals surface area contributed by atoms with Gasteiger partial charge < -0.3 is 67.4 Å². The zero-order valence-electron chi connectivity index (χ0n) is 44.7. The van der Waals surface area contributed by atoms with Crippen molar-refractivity contribution < 1.29 is 76.8 Å². The average molecular weight is 1030 g/mol. The molecule has 3 aliphatic heterocycles. The second-order valence-electron chi connectivity index (χ2n) is 20.5. The molecule has 3 heterocycles. The third-order valence-corrected chi connectivity index (χ3v) is 14.3. The van der Waals surface area contributed by atoms with Gasteiger partial charge in [-0.3, -0.25) is 19.2 Å². The van der Waals surface area contributed by atoms with Crippen molar-refractivity contribution >= 4 is 47.0 Å². The number of aliphatic hydroxyl groups excluding tert-OH is 2. The van der Waals surface area contributed by atoms with Gasteiger partial charge in [-0.25, -0.2) is 0 Å². The van der Waals surface area contributed by atoms with E-state index >= 15 is 0 Å². The molecule has 73 heavy (non-hydrogen) atoms. The van der Waals surface area contributed by atoms with E-state index in [9.17, 15) is 34.2 Å². The second-order valence-corrected chi connectivity index (χ2v) is 20.5. The fourth-order valence-corrected chi connectivity index (χ4v) is 10.5. The van der Waals surface area contributed by atoms with Gasteiger partial charge in [-0.2, -0.15) is 0 Å². The molecule has 5 unspecified atom stereocenters. The van der Waals surface area contributed by atoms with Crippen LogP contribution in [0.2, 0.25) is 0 Å². The Morgan fingerprint density at radius 1 is 0.918 bits per heavy atom. The fraction of sp³-hybridized carbons (Fsp3) is 0.691. The molecule has 0 saturated carbocycles. The molecule has 0 amide bonds. The van der Waals surface area contributed by atoms with Gasteiger partial charge in [-0.05, 0) is 102 Å². The molecule has 3 aliphatic rings. The van der Waals surface area contributed by atoms with Crippen molar-refractivity contribution in [3.63, 3.8) is 0 Å². The molecule has 0 bridgehead atoms. The number of carbonyl (C=O) groups excluding carboxylic acids is 5. The van der Waals surface area contributed by atoms with Crippen LogP contribution in [-0.4, -0.2) is 177 Å². The number of rotatable bonds is 16. The largest absolute Gasteiger partial charge is 0.462 e. The number of benzene rings is 2. The van der Waals surface area contributed by atoms with E-state index in [-0.39, 0.29) is 38.0 Å². The minimum absolute atomic E-state index is 0.0217. The molecule has 5 rings (SSSR count). The number of cyclic esters (lactones) is 1. The van der Waals surface area contributed by atoms with E-state index in [1.807, 2.05) is 49.2 Å². The maximum atomic E-state index is 14.2. The summed E-state index contributed by atoms with van der Waals surface area (Å²) in [4.78, 5) is 68.7. The normalized spacial score (nSPS) is 34.5. The maximum absolute atomic E-state index is 14.2. The highest BCUT2D eigenvalue weighted by Gasteiger charge is 2.54. The van der Waals surface area contributed by atoms with E-state index < -0.39 is 121 Å². The first-order valence-corrected chi connectivity index (χ1v) is 25.9. The number of likely N-dealkylation sites (N-methyl/N-ethyl adjacent to an activating group) is 2. The lowest BCUT2D eigenvalue weighted by molar-refractivity contribution is -0.344. The molecule has 0 spiro atoms. The third kappa shape index (κ3) is 16.6. The number of methoxy groups -OCH3 is 1. The van der Waals surface area contributed by atoms with Gasteiger partial charge in [0.05, 0.1) is 36.9 Å². The van der Waals surface area contributed by atoms with Crippen LogP contribution in [0.25, 0.3) is 16.8 Å². The summed E-state index contributed by atoms with van der Waals surface area (Å²) >= 11 is 0. The van der Waals surface area contributed by atoms with Crippen LogP contribution in [-0.2, 0) is 66.6 Å². The SMILES string of the molecule is CCC(=O)O[C@@H]1CC(=O)O[C@@H](CC=Cc2ccc3ccccc3c2)CCCN(C)C[C@H](O)[C@H](C)C[C@H](CC=O)[C@H](O[C@@H]2OC(C)[C@@H](O[C@H]3CC(C)(OC(C)=O)[C@@H](OC(=O)CC)C(C)O3)C(N(C)C)C2O)[C@H]1OC. The van der Waals surface area contributed by atoms with Crippen LogP contribution in [0.15, 0.2) is 48.5 Å². The van der Waals surface area contributed by atoms with Crippen LogP contribution in [0.5, 0.6) is 0 Å². The number of hydrogen-bond acceptors (Lipinski definition) is 18. The Morgan fingerprint density at radius 2 is 1.62 bits per heavy atom. The summed E-state index contributed by atoms with van der Waals surface area (Å²) in [6.45, 7) is 12.5. The summed E-state index contributed by atoms with van der Waals surface area (Å²) in [5.41, 5.74) is -0.334. The summed E-state index contributed by atoms with van der Waals surface area (Å²) in [5.74, 6) is -3.43. The number of hydrogen-bond donors (Lipinski definition) is 2. The highest BCUT2D eigenvalue weighted by Crippen LogP contribution is 2.39. The van der Waals surface area contributed by atoms with E-state index in [0.29, 0.717) is 32.4 Å². The summed E-state index contributed by atoms with van der Waals surface area (Å²) in [6, 6.07) is 13.5. The highest BCUT2D eigenvalue weighted by atomic mass is 16.7. The third-order valence-electron chi connectivity index (χ3n) is 14.3. The molecule has 408 valence electrons. The Labute approximate surface area is 431 Å². The summed E-state index contributed by atoms with van der Waals surface area (Å²) in [5, 5.41) is 26.3. The van der Waals surface area contributed by atoms with Crippen LogP contribution in [0, 0.1) is 11.8 Å². The summed E-state index contributed by atoms with van der Waals surface area (Å²) in [7, 11) is 6.82. The van der Waals surface area contributed by atoms with Crippen molar-refractivity contribution in [2.45, 2.75) is 192 Å². The minimum atomic E-state index is -1.44. The topological polar surface area (TPSA) is 215 Å². The van der Waals surface area contributed by atoms with Crippen LogP contribution in [0.4, 0.5) is 0 Å². The number of nitrogens with zero attached hydrogens (tertiary/aromatic N) is 2. The molecule has 16 atom stereocenters. The first-order chi connectivity index (χ1) is 34.7. The molecular weight excluding hydrogens is 945 g/mol. The Bertz CT molecular complexity index is 2140. The number of ether oxygens (including phenoxy) is 9. The minimum Gasteiger partial charge on any atom is -0.462 e. The zero-order chi connectivity index (χ0) is 53.6. The van der Waals surface area contributed by atoms with Crippen LogP contribution in [0.1, 0.15) is 112 Å². The molecule has 3 fully saturated rings. The molecule has 0 aliphatic carbocycles. The highest BCUT2D eigenvalue weighted by molar-refractivity contribution is 5.84. The van der Waals surface area contributed by atoms with Gasteiger partial charge in [-0.15, -0.1) is 0 Å². The number of aliphatic hydroxyl groups is 2. The standard InChI is InChI=1S/C55H82N2O16/c1-12-44(61)69-43-30-46(63)68-41(21-16-18-37-23-24-38-19-14-15-20-39(38)29-37)22-17-26-57(10)32-42(60)33(3)28-40(25-27-58)51(52(43)65-11)72-54-49(64)48(56(8)9)50(34(4)67-54)71-47-31-55(7,73-36(6)59)53(35(5)66-47)70-45(62)13-2/h14-16,18-20,23-24,27,29,33-35,40-43,47-54,60,64H,12-13,17,21-22,25-26,28,30-32H2,1-11H3/t33-,34?,35?,40+,41+,42+,43-,47+,48?,49?,50-,51+,52+,53+,54+,55?/m1/s1. The Hall–Kier alpha value is -4.37. The Balaban J connectivity index is 1.46. The number of carbonyl (C=O) groups is 5. The monoisotopic (exact) mass is 1030 g/mol. The average Bonchev–Trinajstić information content (AvgIpc) is 3.32. The lowest BCUT2D eigenvalue weighted by atomic mass is 9.82. The smallest absolute Gasteiger partial charge is 0.309 e. The van der Waals surface area contributed by atoms with Gasteiger partial charge in [0.1, 0.15) is 36.8 Å². The lowest BCUT2D eigenvalue weighted by Crippen LogP contribution is -2.66. The van der Waals surface area contributed by atoms with E-state index in [4.69, 9.17) is 42.6 Å². The van der Waals surface area contributed by atoms with Crippen molar-refractivity contribution in [2.75, 3.05) is 41.3 Å². The van der Waals surface area contributed by atoms with Crippen molar-refractivity contribution in [3.05, 3.63) is 54.1 Å². The molecule has 18 nitrogen and oxygen atoms in total. The molecule has 2 aromatic carbocycles. The maximum Gasteiger partial charge on any atom is 0.309 e. The quantitative estimate of drug-likeness (QED) is 0.116. The molecule has 0 radical (unpaired) electrons. The number of fused-ring (bicyclic) bond motifs is 1. The van der Waals surface area contributed by atoms with Gasteiger partial charge >= 0.3 is 23.9 Å². The summed E-state index contributed by atoms with van der Waals surface area (Å²) < 4.78 is 56.2. The Kier molecular flexibility index (Phi) is 22.8. The van der Waals surface area contributed by atoms with Gasteiger partial charge in [0.2, 0.25) is 0 Å². The number of esters is 4. The van der Waals surface area contributed by atoms with E-state index in [2.05, 4.69) is 24.3 Å². The first kappa shape index (κ1) is 59.5. The zero-order valence-corrected chi connectivity index (χ0v) is 44.7. The fourth-order valence-electron chi connectivity index (χ4n) is 10.5. The molecule has 3 saturated heterocycles. The second kappa shape index (κ2) is 28.0. The lowest BCUT2D eigenvalue weighted by Gasteiger charge is -2.50. The van der Waals surface area contributed by atoms with Crippen LogP contribution < -0.4 is 0 Å². The molecule has 2 aromatic rings. The molecule has 18 heteroatoms. The van der Waals surface area contributed by atoms with E-state index in [0.717, 1.165) is 22.6 Å². The van der Waals surface area contributed by atoms with Crippen LogP contribution in [0.3, 0.4) is 0 Å². The first-order valence-electron chi connectivity index (χ1n) is 25.9. The molecular formula is C55H82N2O16. The predicted octanol–water partition coefficient (Wildman–Crippen LogP) is 5.78. The summed E-state index contributed by atoms with van der Waals surface area (Å²) in [6.07, 6.45) is -6.21. The van der Waals surface area contributed by atoms with Crippen molar-refractivity contribution in [2.24, 2.45) is 11.8 Å². The molecule has 2 N–H and O–H groups in total. The number of β-amino-alcohol motifs (C(OH)–C–C–N with tert-alkyl or cyclic N) is 1. The van der Waals surface area contributed by atoms with Crippen molar-refractivity contribution in [1.29, 1.82) is 0 Å². The van der Waals surface area contributed by atoms with Crippen molar-refractivity contribution in [3.8, 4) is 0 Å². The molecule has 0 aromatic heterocycles. The van der Waals surface area contributed by atoms with Crippen molar-refractivity contribution in [1.82, 2.24) is 9.80 Å². The van der Waals surface area contributed by atoms with E-state index in [1.54, 1.807) is 53.6 Å². The van der Waals surface area contributed by atoms with Gasteiger partial charge in [-0.1, -0.05) is 69.3 Å². The van der Waals surface area contributed by atoms with Gasteiger partial charge in [0.25, 0.3) is 0 Å². The van der Waals surface area contributed by atoms with Gasteiger partial charge in [0, 0.05) is 52.7 Å². The van der Waals surface area contributed by atoms with Gasteiger partial charge in [0.15, 0.2) is 24.3 Å². The van der Waals surface area contributed by atoms with Crippen LogP contribution >= 0.6 is 0 Å². The Morgan fingerprint density at radius 3 is 2.27 bits per heavy atom. The number of aldehydes is 1. The van der Waals surface area contributed by atoms with E-state index in [1.165, 1.54) is 14.0 Å². The predicted molar refractivity (Wildman–Crippen MR) is 271 cm³/mol.